The van der Waals surface area contributed by atoms with Crippen LogP contribution in [0.25, 0.3) is 33.2 Å². The molecule has 2 heterocycles. The average molecular weight is 352 g/mol. The first-order valence-electron chi connectivity index (χ1n) is 8.39. The summed E-state index contributed by atoms with van der Waals surface area (Å²) in [7, 11) is 1.65. The van der Waals surface area contributed by atoms with Crippen LogP contribution in [0.15, 0.2) is 67.0 Å². The fourth-order valence-electron chi connectivity index (χ4n) is 3.09. The summed E-state index contributed by atoms with van der Waals surface area (Å²) < 4.78 is 5.28. The molecule has 0 radical (unpaired) electrons. The number of nitriles is 1. The van der Waals surface area contributed by atoms with Gasteiger partial charge in [0.25, 0.3) is 0 Å². The van der Waals surface area contributed by atoms with Crippen molar-refractivity contribution in [1.82, 2.24) is 9.97 Å². The third-order valence-corrected chi connectivity index (χ3v) is 4.47. The zero-order valence-corrected chi connectivity index (χ0v) is 14.7. The first-order chi connectivity index (χ1) is 13.2. The van der Waals surface area contributed by atoms with Gasteiger partial charge in [-0.1, -0.05) is 24.3 Å². The zero-order valence-electron chi connectivity index (χ0n) is 14.7. The van der Waals surface area contributed by atoms with E-state index in [4.69, 9.17) is 10.5 Å². The molecular formula is C22H16N4O. The predicted octanol–water partition coefficient (Wildman–Crippen LogP) is 4.43. The molecule has 4 rings (SSSR count). The molecule has 0 amide bonds. The monoisotopic (exact) mass is 352 g/mol. The van der Waals surface area contributed by atoms with Crippen molar-refractivity contribution in [3.8, 4) is 34.2 Å². The smallest absolute Gasteiger partial charge is 0.142 e. The number of aromatic nitrogens is 2. The minimum atomic E-state index is 0.212. The number of pyridine rings is 2. The average Bonchev–Trinajstić information content (AvgIpc) is 2.73. The number of ether oxygens (including phenoxy) is 1. The maximum absolute atomic E-state index is 9.51. The molecule has 27 heavy (non-hydrogen) atoms. The van der Waals surface area contributed by atoms with Crippen molar-refractivity contribution < 1.29 is 4.74 Å². The Labute approximate surface area is 156 Å². The lowest BCUT2D eigenvalue weighted by molar-refractivity contribution is 0.415. The van der Waals surface area contributed by atoms with E-state index in [9.17, 15) is 5.26 Å². The van der Waals surface area contributed by atoms with Crippen LogP contribution in [0.1, 0.15) is 5.56 Å². The lowest BCUT2D eigenvalue weighted by Gasteiger charge is -2.11. The summed E-state index contributed by atoms with van der Waals surface area (Å²) in [6.45, 7) is 0. The van der Waals surface area contributed by atoms with E-state index in [1.165, 1.54) is 0 Å². The van der Waals surface area contributed by atoms with E-state index in [-0.39, 0.29) is 5.82 Å². The summed E-state index contributed by atoms with van der Waals surface area (Å²) in [5.74, 6) is 1.03. The van der Waals surface area contributed by atoms with Crippen LogP contribution in [0.3, 0.4) is 0 Å². The molecule has 0 bridgehead atoms. The molecule has 5 nitrogen and oxygen atoms in total. The van der Waals surface area contributed by atoms with Crippen molar-refractivity contribution in [3.63, 3.8) is 0 Å². The van der Waals surface area contributed by atoms with Gasteiger partial charge in [-0.15, -0.1) is 0 Å². The van der Waals surface area contributed by atoms with Gasteiger partial charge < -0.3 is 10.5 Å². The van der Waals surface area contributed by atoms with Gasteiger partial charge in [0.15, 0.2) is 0 Å². The maximum Gasteiger partial charge on any atom is 0.142 e. The second-order valence-electron chi connectivity index (χ2n) is 6.10. The minimum absolute atomic E-state index is 0.212. The molecule has 2 aromatic heterocycles. The Bertz CT molecular complexity index is 1180. The molecule has 130 valence electrons. The quantitative estimate of drug-likeness (QED) is 0.590. The number of fused-ring (bicyclic) bond motifs is 1. The normalized spacial score (nSPS) is 10.5. The van der Waals surface area contributed by atoms with Crippen LogP contribution in [-0.2, 0) is 0 Å². The van der Waals surface area contributed by atoms with Gasteiger partial charge in [-0.25, -0.2) is 4.98 Å². The van der Waals surface area contributed by atoms with Crippen LogP contribution >= 0.6 is 0 Å². The third kappa shape index (κ3) is 3.05. The van der Waals surface area contributed by atoms with Gasteiger partial charge in [0.1, 0.15) is 23.2 Å². The van der Waals surface area contributed by atoms with E-state index in [0.717, 1.165) is 33.2 Å². The van der Waals surface area contributed by atoms with Gasteiger partial charge in [0, 0.05) is 29.1 Å². The highest BCUT2D eigenvalue weighted by Crippen LogP contribution is 2.32. The van der Waals surface area contributed by atoms with Crippen LogP contribution in [0.4, 0.5) is 5.82 Å². The van der Waals surface area contributed by atoms with Gasteiger partial charge in [0.2, 0.25) is 0 Å². The Morgan fingerprint density at radius 3 is 2.56 bits per heavy atom. The molecule has 0 fully saturated rings. The van der Waals surface area contributed by atoms with E-state index < -0.39 is 0 Å². The second kappa shape index (κ2) is 6.77. The molecular weight excluding hydrogens is 336 g/mol. The molecule has 0 unspecified atom stereocenters. The zero-order chi connectivity index (χ0) is 18.8. The SMILES string of the molecule is COc1ccc2cc(-c3cc(-c4cccnc4)c(C#N)c(N)n3)ccc2c1. The van der Waals surface area contributed by atoms with Gasteiger partial charge in [0.05, 0.1) is 12.8 Å². The van der Waals surface area contributed by atoms with Crippen LogP contribution in [0, 0.1) is 11.3 Å². The van der Waals surface area contributed by atoms with E-state index in [2.05, 4.69) is 22.1 Å². The van der Waals surface area contributed by atoms with Crippen molar-refractivity contribution in [2.45, 2.75) is 0 Å². The molecule has 0 aliphatic carbocycles. The van der Waals surface area contributed by atoms with E-state index in [1.807, 2.05) is 48.5 Å². The van der Waals surface area contributed by atoms with Crippen LogP contribution in [0.2, 0.25) is 0 Å². The lowest BCUT2D eigenvalue weighted by Crippen LogP contribution is -2.00. The van der Waals surface area contributed by atoms with Crippen LogP contribution in [0.5, 0.6) is 5.75 Å². The molecule has 5 heteroatoms. The van der Waals surface area contributed by atoms with Gasteiger partial charge in [-0.2, -0.15) is 5.26 Å². The number of benzene rings is 2. The Kier molecular flexibility index (Phi) is 4.15. The molecule has 4 aromatic rings. The number of nitrogens with two attached hydrogens (primary N) is 1. The fraction of sp³-hybridized carbons (Fsp3) is 0.0455. The van der Waals surface area contributed by atoms with Crippen molar-refractivity contribution >= 4 is 16.6 Å². The molecule has 0 saturated heterocycles. The number of hydrogen-bond acceptors (Lipinski definition) is 5. The van der Waals surface area contributed by atoms with Gasteiger partial charge >= 0.3 is 0 Å². The Hall–Kier alpha value is -3.91. The molecule has 0 spiro atoms. The number of hydrogen-bond donors (Lipinski definition) is 1. The molecule has 2 N–H and O–H groups in total. The summed E-state index contributed by atoms with van der Waals surface area (Å²) in [5, 5.41) is 11.7. The topological polar surface area (TPSA) is 84.8 Å². The van der Waals surface area contributed by atoms with Crippen molar-refractivity contribution in [3.05, 3.63) is 72.6 Å². The minimum Gasteiger partial charge on any atom is -0.497 e. The number of nitrogen functional groups attached to an aromatic ring is 1. The standard InChI is InChI=1S/C22H16N4O/c1-27-18-7-6-14-9-16(5-4-15(14)10-18)21-11-19(17-3-2-8-25-13-17)20(12-23)22(24)26-21/h2-11,13H,1H3,(H2,24,26). The summed E-state index contributed by atoms with van der Waals surface area (Å²) in [4.78, 5) is 8.59. The summed E-state index contributed by atoms with van der Waals surface area (Å²) in [6, 6.07) is 19.7. The van der Waals surface area contributed by atoms with E-state index in [1.54, 1.807) is 19.5 Å². The van der Waals surface area contributed by atoms with E-state index >= 15 is 0 Å². The van der Waals surface area contributed by atoms with Crippen LogP contribution in [-0.4, -0.2) is 17.1 Å². The van der Waals surface area contributed by atoms with Crippen LogP contribution < -0.4 is 10.5 Å². The molecule has 0 aliphatic heterocycles. The highest BCUT2D eigenvalue weighted by molar-refractivity contribution is 5.89. The van der Waals surface area contributed by atoms with Crippen molar-refractivity contribution in [2.75, 3.05) is 12.8 Å². The number of anilines is 1. The Balaban J connectivity index is 1.88. The Morgan fingerprint density at radius 2 is 1.81 bits per heavy atom. The molecule has 0 atom stereocenters. The largest absolute Gasteiger partial charge is 0.497 e. The lowest BCUT2D eigenvalue weighted by atomic mass is 9.98. The summed E-state index contributed by atoms with van der Waals surface area (Å²) in [5.41, 5.74) is 9.64. The number of methoxy groups -OCH3 is 1. The van der Waals surface area contributed by atoms with Gasteiger partial charge in [-0.3, -0.25) is 4.98 Å². The molecule has 2 aromatic carbocycles. The summed E-state index contributed by atoms with van der Waals surface area (Å²) >= 11 is 0. The number of nitrogens with zero attached hydrogens (tertiary/aromatic N) is 3. The Morgan fingerprint density at radius 1 is 1.00 bits per heavy atom. The first kappa shape index (κ1) is 16.6. The second-order valence-corrected chi connectivity index (χ2v) is 6.10. The first-order valence-corrected chi connectivity index (χ1v) is 8.39. The maximum atomic E-state index is 9.51. The molecule has 0 aliphatic rings. The molecule has 0 saturated carbocycles. The highest BCUT2D eigenvalue weighted by atomic mass is 16.5. The van der Waals surface area contributed by atoms with Crippen molar-refractivity contribution in [1.29, 1.82) is 5.26 Å². The highest BCUT2D eigenvalue weighted by Gasteiger charge is 2.14. The van der Waals surface area contributed by atoms with Gasteiger partial charge in [-0.05, 0) is 41.1 Å². The number of rotatable bonds is 3. The fourth-order valence-corrected chi connectivity index (χ4v) is 3.09. The van der Waals surface area contributed by atoms with Crippen molar-refractivity contribution in [2.24, 2.45) is 0 Å². The van der Waals surface area contributed by atoms with E-state index in [0.29, 0.717) is 11.3 Å². The summed E-state index contributed by atoms with van der Waals surface area (Å²) in [6.07, 6.45) is 3.41. The third-order valence-electron chi connectivity index (χ3n) is 4.47. The predicted molar refractivity (Wildman–Crippen MR) is 106 cm³/mol.